The molecule has 0 atom stereocenters. The van der Waals surface area contributed by atoms with Gasteiger partial charge in [0.25, 0.3) is 5.91 Å². The summed E-state index contributed by atoms with van der Waals surface area (Å²) in [5, 5.41) is 16.8. The Morgan fingerprint density at radius 3 is 3.14 bits per heavy atom. The number of nitrogens with one attached hydrogen (secondary N) is 2. The number of carbonyl (C=O) groups excluding carboxylic acids is 1. The number of fused-ring (bicyclic) bond motifs is 1. The first-order valence-electron chi connectivity index (χ1n) is 7.08. The molecule has 0 radical (unpaired) electrons. The molecule has 3 heterocycles. The molecule has 8 heteroatoms. The number of thiazole rings is 1. The third kappa shape index (κ3) is 2.64. The summed E-state index contributed by atoms with van der Waals surface area (Å²) in [6.07, 6.45) is 4.24. The van der Waals surface area contributed by atoms with Crippen LogP contribution < -0.4 is 10.6 Å². The minimum Gasteiger partial charge on any atom is -0.359 e. The Bertz CT molecular complexity index is 821. The van der Waals surface area contributed by atoms with Gasteiger partial charge in [0.15, 0.2) is 16.6 Å². The molecule has 7 nitrogen and oxygen atoms in total. The molecule has 0 spiro atoms. The summed E-state index contributed by atoms with van der Waals surface area (Å²) in [6, 6.07) is 6.20. The molecule has 1 aliphatic rings. The molecule has 112 valence electrons. The average molecular weight is 314 g/mol. The summed E-state index contributed by atoms with van der Waals surface area (Å²) in [5.41, 5.74) is 1.19. The van der Waals surface area contributed by atoms with Gasteiger partial charge in [-0.1, -0.05) is 6.07 Å². The van der Waals surface area contributed by atoms with Gasteiger partial charge in [0.1, 0.15) is 5.69 Å². The van der Waals surface area contributed by atoms with Gasteiger partial charge in [-0.15, -0.1) is 21.5 Å². The maximum atomic E-state index is 12.1. The highest BCUT2D eigenvalue weighted by Gasteiger charge is 2.22. The van der Waals surface area contributed by atoms with Crippen LogP contribution in [0.5, 0.6) is 0 Å². The highest BCUT2D eigenvalue weighted by molar-refractivity contribution is 7.13. The summed E-state index contributed by atoms with van der Waals surface area (Å²) in [7, 11) is 0. The average Bonchev–Trinajstić information content (AvgIpc) is 3.07. The topological polar surface area (TPSA) is 84.2 Å². The van der Waals surface area contributed by atoms with Crippen molar-refractivity contribution >= 4 is 28.0 Å². The molecule has 0 unspecified atom stereocenters. The van der Waals surface area contributed by atoms with Gasteiger partial charge in [0.05, 0.1) is 6.54 Å². The van der Waals surface area contributed by atoms with Gasteiger partial charge in [0, 0.05) is 17.6 Å². The Morgan fingerprint density at radius 2 is 2.27 bits per heavy atom. The molecule has 0 aliphatic heterocycles. The molecule has 0 saturated heterocycles. The second kappa shape index (κ2) is 5.38. The van der Waals surface area contributed by atoms with E-state index in [1.807, 2.05) is 28.8 Å². The lowest BCUT2D eigenvalue weighted by Crippen LogP contribution is -2.24. The van der Waals surface area contributed by atoms with Crippen molar-refractivity contribution in [2.45, 2.75) is 25.4 Å². The predicted octanol–water partition coefficient (Wildman–Crippen LogP) is 1.69. The van der Waals surface area contributed by atoms with E-state index in [-0.39, 0.29) is 5.91 Å². The Kier molecular flexibility index (Phi) is 3.23. The normalized spacial score (nSPS) is 14.2. The van der Waals surface area contributed by atoms with Crippen molar-refractivity contribution in [1.29, 1.82) is 0 Å². The number of nitrogens with zero attached hydrogens (tertiary/aromatic N) is 4. The van der Waals surface area contributed by atoms with Crippen molar-refractivity contribution in [2.24, 2.45) is 0 Å². The fourth-order valence-electron chi connectivity index (χ4n) is 2.11. The van der Waals surface area contributed by atoms with Gasteiger partial charge in [-0.3, -0.25) is 9.20 Å². The molecule has 1 amide bonds. The van der Waals surface area contributed by atoms with Gasteiger partial charge >= 0.3 is 0 Å². The smallest absolute Gasteiger partial charge is 0.271 e. The van der Waals surface area contributed by atoms with Crippen molar-refractivity contribution in [3.8, 4) is 0 Å². The van der Waals surface area contributed by atoms with E-state index in [1.54, 1.807) is 5.38 Å². The van der Waals surface area contributed by atoms with E-state index in [0.29, 0.717) is 24.1 Å². The van der Waals surface area contributed by atoms with Crippen LogP contribution in [0, 0.1) is 0 Å². The Hall–Kier alpha value is -2.48. The molecule has 1 fully saturated rings. The summed E-state index contributed by atoms with van der Waals surface area (Å²) in [6.45, 7) is 0.312. The first kappa shape index (κ1) is 13.2. The summed E-state index contributed by atoms with van der Waals surface area (Å²) in [4.78, 5) is 16.4. The number of pyridine rings is 1. The fraction of sp³-hybridized carbons (Fsp3) is 0.286. The van der Waals surface area contributed by atoms with Gasteiger partial charge < -0.3 is 10.6 Å². The standard InChI is InChI=1S/C14H14N6OS/c21-13(10-8-22-14(17-10)16-9-4-5-9)15-7-12-19-18-11-3-1-2-6-20(11)12/h1-3,6,8-9H,4-5,7H2,(H,15,21)(H,16,17). The van der Waals surface area contributed by atoms with E-state index in [9.17, 15) is 4.79 Å². The number of anilines is 1. The SMILES string of the molecule is O=C(NCc1nnc2ccccn12)c1csc(NC2CC2)n1. The molecular formula is C14H14N6OS. The fourth-order valence-corrected chi connectivity index (χ4v) is 2.88. The zero-order valence-electron chi connectivity index (χ0n) is 11.7. The number of amides is 1. The van der Waals surface area contributed by atoms with E-state index < -0.39 is 0 Å². The van der Waals surface area contributed by atoms with E-state index in [0.717, 1.165) is 10.8 Å². The molecule has 3 aromatic heterocycles. The molecule has 0 aromatic carbocycles. The number of hydrogen-bond acceptors (Lipinski definition) is 6. The van der Waals surface area contributed by atoms with E-state index in [4.69, 9.17) is 0 Å². The van der Waals surface area contributed by atoms with Crippen LogP contribution in [-0.4, -0.2) is 31.5 Å². The van der Waals surface area contributed by atoms with E-state index >= 15 is 0 Å². The van der Waals surface area contributed by atoms with Crippen molar-refractivity contribution in [3.63, 3.8) is 0 Å². The third-order valence-corrected chi connectivity index (χ3v) is 4.21. The molecule has 0 bridgehead atoms. The molecule has 1 saturated carbocycles. The van der Waals surface area contributed by atoms with Crippen molar-refractivity contribution in [2.75, 3.05) is 5.32 Å². The van der Waals surface area contributed by atoms with Crippen LogP contribution in [0.2, 0.25) is 0 Å². The van der Waals surface area contributed by atoms with Crippen molar-refractivity contribution in [1.82, 2.24) is 24.9 Å². The summed E-state index contributed by atoms with van der Waals surface area (Å²) in [5.74, 6) is 0.489. The Morgan fingerprint density at radius 1 is 1.36 bits per heavy atom. The predicted molar refractivity (Wildman–Crippen MR) is 82.9 cm³/mol. The van der Waals surface area contributed by atoms with Crippen LogP contribution in [0.15, 0.2) is 29.8 Å². The number of carbonyl (C=O) groups is 1. The molecule has 1 aliphatic carbocycles. The number of aromatic nitrogens is 4. The summed E-state index contributed by atoms with van der Waals surface area (Å²) >= 11 is 1.46. The van der Waals surface area contributed by atoms with Gasteiger partial charge in [0.2, 0.25) is 0 Å². The van der Waals surface area contributed by atoms with Gasteiger partial charge in [-0.2, -0.15) is 0 Å². The van der Waals surface area contributed by atoms with Crippen LogP contribution in [0.4, 0.5) is 5.13 Å². The van der Waals surface area contributed by atoms with Crippen LogP contribution in [-0.2, 0) is 6.54 Å². The Labute approximate surface area is 130 Å². The zero-order chi connectivity index (χ0) is 14.9. The third-order valence-electron chi connectivity index (χ3n) is 3.43. The van der Waals surface area contributed by atoms with E-state index in [1.165, 1.54) is 24.2 Å². The number of hydrogen-bond donors (Lipinski definition) is 2. The highest BCUT2D eigenvalue weighted by Crippen LogP contribution is 2.26. The lowest BCUT2D eigenvalue weighted by Gasteiger charge is -2.02. The lowest BCUT2D eigenvalue weighted by molar-refractivity contribution is 0.0945. The molecule has 4 rings (SSSR count). The van der Waals surface area contributed by atoms with Crippen LogP contribution >= 0.6 is 11.3 Å². The minimum absolute atomic E-state index is 0.201. The molecule has 3 aromatic rings. The minimum atomic E-state index is -0.201. The van der Waals surface area contributed by atoms with Crippen molar-refractivity contribution in [3.05, 3.63) is 41.3 Å². The molecule has 2 N–H and O–H groups in total. The number of rotatable bonds is 5. The zero-order valence-corrected chi connectivity index (χ0v) is 12.5. The van der Waals surface area contributed by atoms with Gasteiger partial charge in [-0.05, 0) is 25.0 Å². The first-order chi connectivity index (χ1) is 10.8. The quantitative estimate of drug-likeness (QED) is 0.748. The van der Waals surface area contributed by atoms with Crippen LogP contribution in [0.1, 0.15) is 29.2 Å². The summed E-state index contributed by atoms with van der Waals surface area (Å²) < 4.78 is 1.85. The maximum absolute atomic E-state index is 12.1. The first-order valence-corrected chi connectivity index (χ1v) is 7.96. The van der Waals surface area contributed by atoms with Gasteiger partial charge in [-0.25, -0.2) is 4.98 Å². The lowest BCUT2D eigenvalue weighted by atomic mass is 10.4. The van der Waals surface area contributed by atoms with E-state index in [2.05, 4.69) is 25.8 Å². The van der Waals surface area contributed by atoms with Crippen molar-refractivity contribution < 1.29 is 4.79 Å². The maximum Gasteiger partial charge on any atom is 0.271 e. The van der Waals surface area contributed by atoms with Crippen LogP contribution in [0.25, 0.3) is 5.65 Å². The van der Waals surface area contributed by atoms with Crippen LogP contribution in [0.3, 0.4) is 0 Å². The second-order valence-corrected chi connectivity index (χ2v) is 6.04. The highest BCUT2D eigenvalue weighted by atomic mass is 32.1. The second-order valence-electron chi connectivity index (χ2n) is 5.18. The molecular weight excluding hydrogens is 300 g/mol. The largest absolute Gasteiger partial charge is 0.359 e. The Balaban J connectivity index is 1.42. The monoisotopic (exact) mass is 314 g/mol. The molecule has 22 heavy (non-hydrogen) atoms.